The van der Waals surface area contributed by atoms with Crippen LogP contribution in [0.4, 0.5) is 21.0 Å². The summed E-state index contributed by atoms with van der Waals surface area (Å²) in [6.07, 6.45) is 13.0. The molecule has 0 bridgehead atoms. The van der Waals surface area contributed by atoms with Gasteiger partial charge in [0.25, 0.3) is 20.0 Å². The number of anilines is 2. The number of benzene rings is 2. The quantitative estimate of drug-likeness (QED) is 0.147. The number of likely N-dealkylation sites (N-methyl/N-ethyl adjacent to an activating group) is 2. The molecule has 4 heterocycles. The number of urea groups is 2. The number of carbonyl (C=O) groups is 2. The van der Waals surface area contributed by atoms with Gasteiger partial charge in [-0.3, -0.25) is 4.90 Å². The molecule has 18 nitrogen and oxygen atoms in total. The third-order valence-corrected chi connectivity index (χ3v) is 16.0. The van der Waals surface area contributed by atoms with E-state index in [0.29, 0.717) is 19.6 Å². The SMILES string of the molecule is CCNC1Cn2ncc(S(=O)(=O)NC(=O)Nc3c4c(cc5c3CCC5)CCC4)c2OC1CN(C)[C@H]1COc2c(S(=O)(=O)NC(=O)Nc3c4c(cc5c3CCC5)CCC4)cnn2C1. The Morgan fingerprint density at radius 2 is 1.18 bits per heavy atom. The van der Waals surface area contributed by atoms with Gasteiger partial charge in [0.15, 0.2) is 9.79 Å². The fourth-order valence-corrected chi connectivity index (χ4v) is 12.4. The average molecular weight is 889 g/mol. The number of aryl methyl sites for hydroxylation is 4. The standard InChI is InChI=1S/C42H52N10O8S2/c1-3-43-33-21-52-40(36(19-45-52)62(57,58)49-42(54)47-38-31-14-6-10-26(31)17-27-11-7-15-32(27)38)60-34(33)22-50(2)28-20-51-39(59-23-28)35(18-44-51)61(55,56)48-41(53)46-37-29-12-4-8-24(29)16-25-9-5-13-30(25)37/h16-19,28,33-34,43H,3-15,20-23H2,1-2H3,(H2,46,48,53)(H2,47,49,54)/t28-,33?,34?/m1/s1. The van der Waals surface area contributed by atoms with Gasteiger partial charge in [-0.05, 0) is 135 Å². The molecule has 4 aliphatic carbocycles. The second kappa shape index (κ2) is 15.9. The Labute approximate surface area is 360 Å². The zero-order chi connectivity index (χ0) is 42.9. The summed E-state index contributed by atoms with van der Waals surface area (Å²) in [7, 11) is -6.87. The lowest BCUT2D eigenvalue weighted by molar-refractivity contribution is 0.0293. The molecule has 2 unspecified atom stereocenters. The van der Waals surface area contributed by atoms with E-state index in [0.717, 1.165) is 111 Å². The second-order valence-corrected chi connectivity index (χ2v) is 20.6. The number of hydrogen-bond donors (Lipinski definition) is 5. The Hall–Kier alpha value is -5.18. The van der Waals surface area contributed by atoms with Gasteiger partial charge in [0.1, 0.15) is 12.7 Å². The van der Waals surface area contributed by atoms with Crippen molar-refractivity contribution in [3.05, 3.63) is 69.0 Å². The first-order valence-electron chi connectivity index (χ1n) is 21.7. The molecule has 0 spiro atoms. The summed E-state index contributed by atoms with van der Waals surface area (Å²) < 4.78 is 74.6. The predicted molar refractivity (Wildman–Crippen MR) is 228 cm³/mol. The van der Waals surface area contributed by atoms with Gasteiger partial charge in [-0.25, -0.2) is 45.2 Å². The molecule has 0 saturated heterocycles. The minimum Gasteiger partial charge on any atom is -0.475 e. The van der Waals surface area contributed by atoms with E-state index in [4.69, 9.17) is 9.47 Å². The molecule has 3 atom stereocenters. The van der Waals surface area contributed by atoms with Crippen LogP contribution in [-0.4, -0.2) is 98.3 Å². The monoisotopic (exact) mass is 888 g/mol. The molecule has 6 aliphatic rings. The summed E-state index contributed by atoms with van der Waals surface area (Å²) in [5.41, 5.74) is 10.7. The molecule has 5 N–H and O–H groups in total. The maximum atomic E-state index is 13.8. The molecule has 0 saturated carbocycles. The molecular formula is C42H52N10O8S2. The summed E-state index contributed by atoms with van der Waals surface area (Å²) in [5.74, 6) is 0.0632. The van der Waals surface area contributed by atoms with Crippen LogP contribution in [0.15, 0.2) is 34.3 Å². The van der Waals surface area contributed by atoms with Gasteiger partial charge >= 0.3 is 12.1 Å². The van der Waals surface area contributed by atoms with Crippen LogP contribution in [0.5, 0.6) is 11.8 Å². The van der Waals surface area contributed by atoms with E-state index in [1.807, 2.05) is 18.9 Å². The van der Waals surface area contributed by atoms with Crippen molar-refractivity contribution in [2.24, 2.45) is 0 Å². The zero-order valence-electron chi connectivity index (χ0n) is 34.9. The van der Waals surface area contributed by atoms with E-state index >= 15 is 0 Å². The molecule has 10 rings (SSSR count). The molecule has 4 amide bonds. The van der Waals surface area contributed by atoms with Crippen LogP contribution < -0.4 is 34.9 Å². The highest BCUT2D eigenvalue weighted by molar-refractivity contribution is 7.90. The number of carbonyl (C=O) groups excluding carboxylic acids is 2. The van der Waals surface area contributed by atoms with Crippen LogP contribution in [0.2, 0.25) is 0 Å². The second-order valence-electron chi connectivity index (χ2n) is 17.3. The molecule has 2 aliphatic heterocycles. The molecule has 62 heavy (non-hydrogen) atoms. The Morgan fingerprint density at radius 3 is 1.66 bits per heavy atom. The van der Waals surface area contributed by atoms with Crippen molar-refractivity contribution in [1.82, 2.24) is 39.2 Å². The first-order chi connectivity index (χ1) is 29.9. The Balaban J connectivity index is 0.799. The normalized spacial score (nSPS) is 20.9. The Bertz CT molecular complexity index is 2650. The number of ether oxygens (including phenoxy) is 2. The maximum Gasteiger partial charge on any atom is 0.333 e. The average Bonchev–Trinajstić information content (AvgIpc) is 4.09. The molecule has 20 heteroatoms. The summed E-state index contributed by atoms with van der Waals surface area (Å²) >= 11 is 0. The number of amides is 4. The smallest absolute Gasteiger partial charge is 0.333 e. The summed E-state index contributed by atoms with van der Waals surface area (Å²) in [6.45, 7) is 3.61. The van der Waals surface area contributed by atoms with Gasteiger partial charge in [0.2, 0.25) is 11.8 Å². The molecule has 2 aromatic heterocycles. The van der Waals surface area contributed by atoms with Gasteiger partial charge in [-0.1, -0.05) is 19.1 Å². The summed E-state index contributed by atoms with van der Waals surface area (Å²) in [4.78, 5) is 28.2. The highest BCUT2D eigenvalue weighted by Gasteiger charge is 2.39. The zero-order valence-corrected chi connectivity index (χ0v) is 36.5. The first kappa shape index (κ1) is 40.9. The minimum atomic E-state index is -4.40. The number of aromatic nitrogens is 4. The van der Waals surface area contributed by atoms with E-state index in [-0.39, 0.29) is 46.8 Å². The van der Waals surface area contributed by atoms with Crippen LogP contribution in [-0.2, 0) is 84.5 Å². The first-order valence-corrected chi connectivity index (χ1v) is 24.7. The van der Waals surface area contributed by atoms with Crippen molar-refractivity contribution in [3.8, 4) is 11.8 Å². The molecule has 4 aromatic rings. The van der Waals surface area contributed by atoms with Gasteiger partial charge in [-0.15, -0.1) is 0 Å². The molecule has 0 fully saturated rings. The predicted octanol–water partition coefficient (Wildman–Crippen LogP) is 3.19. The minimum absolute atomic E-state index is 0.0287. The van der Waals surface area contributed by atoms with Crippen molar-refractivity contribution in [1.29, 1.82) is 0 Å². The number of nitrogens with zero attached hydrogens (tertiary/aromatic N) is 5. The van der Waals surface area contributed by atoms with Crippen LogP contribution in [0.3, 0.4) is 0 Å². The van der Waals surface area contributed by atoms with Crippen LogP contribution >= 0.6 is 0 Å². The maximum absolute atomic E-state index is 13.8. The third-order valence-electron chi connectivity index (χ3n) is 13.4. The molecule has 2 aromatic carbocycles. The highest BCUT2D eigenvalue weighted by atomic mass is 32.2. The third kappa shape index (κ3) is 7.37. The molecule has 0 radical (unpaired) electrons. The topological polar surface area (TPSA) is 220 Å². The number of rotatable bonds is 11. The Kier molecular flexibility index (Phi) is 10.5. The van der Waals surface area contributed by atoms with Crippen molar-refractivity contribution >= 4 is 43.5 Å². The van der Waals surface area contributed by atoms with Crippen molar-refractivity contribution in [3.63, 3.8) is 0 Å². The number of sulfonamides is 2. The lowest BCUT2D eigenvalue weighted by Gasteiger charge is -2.38. The summed E-state index contributed by atoms with van der Waals surface area (Å²) in [5, 5.41) is 17.9. The molecular weight excluding hydrogens is 837 g/mol. The van der Waals surface area contributed by atoms with Crippen LogP contribution in [0.1, 0.15) is 77.1 Å². The number of fused-ring (bicyclic) bond motifs is 6. The number of nitrogens with one attached hydrogen (secondary N) is 5. The lowest BCUT2D eigenvalue weighted by atomic mass is 9.99. The van der Waals surface area contributed by atoms with Gasteiger partial charge in [0.05, 0.1) is 37.6 Å². The van der Waals surface area contributed by atoms with Gasteiger partial charge in [0, 0.05) is 17.9 Å². The van der Waals surface area contributed by atoms with Crippen LogP contribution in [0.25, 0.3) is 0 Å². The van der Waals surface area contributed by atoms with Crippen molar-refractivity contribution in [2.45, 2.75) is 125 Å². The lowest BCUT2D eigenvalue weighted by Crippen LogP contribution is -2.56. The van der Waals surface area contributed by atoms with E-state index in [9.17, 15) is 26.4 Å². The van der Waals surface area contributed by atoms with Crippen molar-refractivity contribution in [2.75, 3.05) is 37.4 Å². The van der Waals surface area contributed by atoms with E-state index < -0.39 is 38.2 Å². The van der Waals surface area contributed by atoms with E-state index in [2.05, 4.69) is 47.7 Å². The highest BCUT2D eigenvalue weighted by Crippen LogP contribution is 2.40. The Morgan fingerprint density at radius 1 is 0.710 bits per heavy atom. The van der Waals surface area contributed by atoms with E-state index in [1.54, 1.807) is 0 Å². The van der Waals surface area contributed by atoms with Gasteiger partial charge in [-0.2, -0.15) is 10.2 Å². The van der Waals surface area contributed by atoms with Crippen molar-refractivity contribution < 1.29 is 35.9 Å². The summed E-state index contributed by atoms with van der Waals surface area (Å²) in [6, 6.07) is 2.31. The molecule has 330 valence electrons. The van der Waals surface area contributed by atoms with Gasteiger partial charge < -0.3 is 25.4 Å². The fraction of sp³-hybridized carbons (Fsp3) is 0.524. The number of hydrogen-bond acceptors (Lipinski definition) is 12. The van der Waals surface area contributed by atoms with Crippen LogP contribution in [0, 0.1) is 0 Å². The van der Waals surface area contributed by atoms with E-state index in [1.165, 1.54) is 44.0 Å². The largest absolute Gasteiger partial charge is 0.475 e. The fourth-order valence-electron chi connectivity index (χ4n) is 10.5.